The fraction of sp³-hybridized carbons (Fsp3) is 0.462. The molecule has 1 unspecified atom stereocenters. The van der Waals surface area contributed by atoms with Gasteiger partial charge in [-0.3, -0.25) is 14.2 Å². The maximum atomic E-state index is 12.4. The summed E-state index contributed by atoms with van der Waals surface area (Å²) in [6.07, 6.45) is 2.56. The van der Waals surface area contributed by atoms with Crippen molar-refractivity contribution in [2.24, 2.45) is 5.11 Å². The van der Waals surface area contributed by atoms with Gasteiger partial charge in [0.15, 0.2) is 0 Å². The van der Waals surface area contributed by atoms with E-state index in [0.29, 0.717) is 6.29 Å². The molecule has 1 aromatic rings. The summed E-state index contributed by atoms with van der Waals surface area (Å²) >= 11 is 0. The van der Waals surface area contributed by atoms with Crippen molar-refractivity contribution >= 4 is 12.5 Å². The van der Waals surface area contributed by atoms with E-state index in [-0.39, 0.29) is 18.6 Å². The lowest BCUT2D eigenvalue weighted by atomic mass is 10.1. The normalized spacial score (nSPS) is 23.8. The minimum atomic E-state index is -0.787. The average molecular weight is 321 g/mol. The third-order valence-electron chi connectivity index (χ3n) is 3.52. The summed E-state index contributed by atoms with van der Waals surface area (Å²) in [7, 11) is 0. The number of aliphatic hydroxyl groups is 1. The lowest BCUT2D eigenvalue weighted by Crippen LogP contribution is -2.39. The maximum Gasteiger partial charge on any atom is 0.337 e. The predicted molar refractivity (Wildman–Crippen MR) is 79.6 cm³/mol. The second kappa shape index (κ2) is 7.05. The minimum absolute atomic E-state index is 0.185. The summed E-state index contributed by atoms with van der Waals surface area (Å²) < 4.78 is 7.51. The molecule has 0 aliphatic carbocycles. The standard InChI is InChI=1S/C13H15N5O5/c1-8-6-18(13(22)17(12(8)21)3-2-4-19)11-5-9(15-16-14)10(7-20)23-11/h2-4,6,9-11,20H,5,7H2,1H3/b3-2+/t9?,10-,11-/m1/s1. The van der Waals surface area contributed by atoms with Crippen molar-refractivity contribution in [3.05, 3.63) is 49.1 Å². The second-order valence-corrected chi connectivity index (χ2v) is 4.97. The molecule has 10 nitrogen and oxygen atoms in total. The Morgan fingerprint density at radius 3 is 2.91 bits per heavy atom. The van der Waals surface area contributed by atoms with Gasteiger partial charge in [-0.1, -0.05) is 5.11 Å². The van der Waals surface area contributed by atoms with Gasteiger partial charge < -0.3 is 9.84 Å². The molecule has 1 aliphatic heterocycles. The number of ether oxygens (including phenoxy) is 1. The van der Waals surface area contributed by atoms with Gasteiger partial charge >= 0.3 is 5.69 Å². The molecule has 1 aromatic heterocycles. The van der Waals surface area contributed by atoms with Crippen LogP contribution >= 0.6 is 0 Å². The zero-order valence-corrected chi connectivity index (χ0v) is 12.3. The highest BCUT2D eigenvalue weighted by atomic mass is 16.5. The van der Waals surface area contributed by atoms with E-state index in [0.717, 1.165) is 16.8 Å². The minimum Gasteiger partial charge on any atom is -0.394 e. The Kier molecular flexibility index (Phi) is 5.12. The molecule has 0 amide bonds. The van der Waals surface area contributed by atoms with E-state index in [2.05, 4.69) is 10.0 Å². The van der Waals surface area contributed by atoms with Gasteiger partial charge in [-0.25, -0.2) is 9.36 Å². The van der Waals surface area contributed by atoms with Crippen molar-refractivity contribution in [1.29, 1.82) is 0 Å². The molecule has 122 valence electrons. The number of carbonyl (C=O) groups excluding carboxylic acids is 1. The van der Waals surface area contributed by atoms with E-state index < -0.39 is 29.6 Å². The van der Waals surface area contributed by atoms with Crippen LogP contribution in [0, 0.1) is 6.92 Å². The van der Waals surface area contributed by atoms with Gasteiger partial charge in [0.05, 0.1) is 18.8 Å². The number of carbonyl (C=O) groups is 1. The lowest BCUT2D eigenvalue weighted by Gasteiger charge is -2.16. The van der Waals surface area contributed by atoms with Gasteiger partial charge in [-0.15, -0.1) is 0 Å². The summed E-state index contributed by atoms with van der Waals surface area (Å²) in [4.78, 5) is 37.5. The number of allylic oxidation sites excluding steroid dienone is 1. The molecule has 10 heteroatoms. The third kappa shape index (κ3) is 3.24. The van der Waals surface area contributed by atoms with Crippen molar-refractivity contribution in [1.82, 2.24) is 9.13 Å². The molecule has 23 heavy (non-hydrogen) atoms. The number of aromatic nitrogens is 2. The summed E-state index contributed by atoms with van der Waals surface area (Å²) in [5.74, 6) is 0. The Labute approximate surface area is 129 Å². The average Bonchev–Trinajstić information content (AvgIpc) is 2.94. The van der Waals surface area contributed by atoms with Crippen LogP contribution in [0.2, 0.25) is 0 Å². The lowest BCUT2D eigenvalue weighted by molar-refractivity contribution is -0.104. The molecule has 1 aliphatic rings. The summed E-state index contributed by atoms with van der Waals surface area (Å²) in [6.45, 7) is 1.16. The highest BCUT2D eigenvalue weighted by Crippen LogP contribution is 2.29. The van der Waals surface area contributed by atoms with Crippen LogP contribution in [0.1, 0.15) is 18.2 Å². The highest BCUT2D eigenvalue weighted by molar-refractivity contribution is 5.69. The zero-order chi connectivity index (χ0) is 17.0. The Bertz CT molecular complexity index is 789. The molecular formula is C13H15N5O5. The van der Waals surface area contributed by atoms with E-state index in [1.807, 2.05) is 0 Å². The quantitative estimate of drug-likeness (QED) is 0.266. The van der Waals surface area contributed by atoms with Crippen LogP contribution < -0.4 is 11.2 Å². The highest BCUT2D eigenvalue weighted by Gasteiger charge is 2.36. The molecule has 0 radical (unpaired) electrons. The fourth-order valence-corrected chi connectivity index (χ4v) is 2.42. The first-order chi connectivity index (χ1) is 11.0. The van der Waals surface area contributed by atoms with E-state index in [1.165, 1.54) is 17.7 Å². The van der Waals surface area contributed by atoms with E-state index >= 15 is 0 Å². The smallest absolute Gasteiger partial charge is 0.337 e. The molecule has 0 saturated carbocycles. The molecule has 1 fully saturated rings. The Morgan fingerprint density at radius 2 is 2.30 bits per heavy atom. The molecule has 2 rings (SSSR count). The molecule has 1 saturated heterocycles. The molecule has 1 N–H and O–H groups in total. The van der Waals surface area contributed by atoms with Crippen LogP contribution in [-0.4, -0.2) is 39.3 Å². The largest absolute Gasteiger partial charge is 0.394 e. The second-order valence-electron chi connectivity index (χ2n) is 4.97. The number of hydrogen-bond acceptors (Lipinski definition) is 6. The van der Waals surface area contributed by atoms with Crippen molar-refractivity contribution in [2.45, 2.75) is 31.7 Å². The molecule has 2 heterocycles. The van der Waals surface area contributed by atoms with E-state index in [9.17, 15) is 19.5 Å². The van der Waals surface area contributed by atoms with Crippen LogP contribution in [0.15, 0.2) is 27.0 Å². The van der Waals surface area contributed by atoms with Crippen molar-refractivity contribution in [2.75, 3.05) is 6.61 Å². The number of aryl methyl sites for hydroxylation is 1. The van der Waals surface area contributed by atoms with Gasteiger partial charge in [-0.2, -0.15) is 0 Å². The molecule has 0 spiro atoms. The Hall–Kier alpha value is -2.68. The first kappa shape index (κ1) is 16.7. The van der Waals surface area contributed by atoms with Crippen molar-refractivity contribution in [3.63, 3.8) is 0 Å². The number of azide groups is 1. The van der Waals surface area contributed by atoms with Crippen LogP contribution in [0.3, 0.4) is 0 Å². The zero-order valence-electron chi connectivity index (χ0n) is 12.3. The van der Waals surface area contributed by atoms with Crippen molar-refractivity contribution in [3.8, 4) is 0 Å². The fourth-order valence-electron chi connectivity index (χ4n) is 2.42. The van der Waals surface area contributed by atoms with Crippen LogP contribution in [0.25, 0.3) is 16.6 Å². The van der Waals surface area contributed by atoms with Gasteiger partial charge in [0.25, 0.3) is 5.56 Å². The Morgan fingerprint density at radius 1 is 1.57 bits per heavy atom. The monoisotopic (exact) mass is 321 g/mol. The van der Waals surface area contributed by atoms with Gasteiger partial charge in [0, 0.05) is 29.3 Å². The summed E-state index contributed by atoms with van der Waals surface area (Å²) in [5, 5.41) is 12.8. The molecule has 0 aromatic carbocycles. The third-order valence-corrected chi connectivity index (χ3v) is 3.52. The number of aldehydes is 1. The van der Waals surface area contributed by atoms with Gasteiger partial charge in [0.1, 0.15) is 12.5 Å². The van der Waals surface area contributed by atoms with Crippen LogP contribution in [0.4, 0.5) is 0 Å². The predicted octanol–water partition coefficient (Wildman–Crippen LogP) is -0.0533. The van der Waals surface area contributed by atoms with Gasteiger partial charge in [-0.05, 0) is 18.5 Å². The number of nitrogens with zero attached hydrogens (tertiary/aromatic N) is 5. The van der Waals surface area contributed by atoms with E-state index in [1.54, 1.807) is 0 Å². The first-order valence-electron chi connectivity index (χ1n) is 6.80. The summed E-state index contributed by atoms with van der Waals surface area (Å²) in [6, 6.07) is -0.617. The first-order valence-corrected chi connectivity index (χ1v) is 6.80. The SMILES string of the molecule is Cc1cn([C@H]2CC(N=[N+]=[N-])[C@@H](CO)O2)c(=O)n(/C=C/C=O)c1=O. The van der Waals surface area contributed by atoms with Crippen LogP contribution in [0.5, 0.6) is 0 Å². The number of hydrogen-bond donors (Lipinski definition) is 1. The maximum absolute atomic E-state index is 12.4. The van der Waals surface area contributed by atoms with Crippen molar-refractivity contribution < 1.29 is 14.6 Å². The molecular weight excluding hydrogens is 306 g/mol. The molecule has 3 atom stereocenters. The topological polar surface area (TPSA) is 139 Å². The van der Waals surface area contributed by atoms with E-state index in [4.69, 9.17) is 10.3 Å². The summed E-state index contributed by atoms with van der Waals surface area (Å²) in [5.41, 5.74) is 7.57. The van der Waals surface area contributed by atoms with Gasteiger partial charge in [0.2, 0.25) is 0 Å². The molecule has 0 bridgehead atoms. The number of rotatable bonds is 5. The number of aliphatic hydroxyl groups excluding tert-OH is 1. The van der Waals surface area contributed by atoms with Crippen LogP contribution in [-0.2, 0) is 9.53 Å². The Balaban J connectivity index is 2.49.